The Morgan fingerprint density at radius 2 is 1.84 bits per heavy atom. The maximum Gasteiger partial charge on any atom is 0.136 e. The second-order valence-corrected chi connectivity index (χ2v) is 5.13. The summed E-state index contributed by atoms with van der Waals surface area (Å²) in [5.41, 5.74) is 9.29. The number of aromatic nitrogens is 2. The minimum atomic E-state index is 0.253. The molecule has 2 rings (SSSR count). The van der Waals surface area contributed by atoms with Crippen LogP contribution in [0.3, 0.4) is 0 Å². The molecule has 0 saturated heterocycles. The molecule has 19 heavy (non-hydrogen) atoms. The van der Waals surface area contributed by atoms with Gasteiger partial charge >= 0.3 is 0 Å². The number of anilines is 3. The van der Waals surface area contributed by atoms with Crippen molar-refractivity contribution in [2.75, 3.05) is 11.1 Å². The lowest BCUT2D eigenvalue weighted by Crippen LogP contribution is -2.05. The molecular weight excluding hydrogens is 236 g/mol. The molecule has 0 unspecified atom stereocenters. The van der Waals surface area contributed by atoms with Crippen LogP contribution < -0.4 is 11.1 Å². The topological polar surface area (TPSA) is 63.8 Å². The fourth-order valence-electron chi connectivity index (χ4n) is 1.90. The second-order valence-electron chi connectivity index (χ2n) is 5.13. The van der Waals surface area contributed by atoms with Gasteiger partial charge in [-0.1, -0.05) is 31.5 Å². The summed E-state index contributed by atoms with van der Waals surface area (Å²) >= 11 is 0. The molecule has 3 N–H and O–H groups in total. The second kappa shape index (κ2) is 5.26. The summed E-state index contributed by atoms with van der Waals surface area (Å²) in [5.74, 6) is 2.24. The van der Waals surface area contributed by atoms with E-state index in [0.29, 0.717) is 5.82 Å². The number of hydrogen-bond acceptors (Lipinski definition) is 4. The average molecular weight is 256 g/mol. The van der Waals surface area contributed by atoms with Gasteiger partial charge in [0.2, 0.25) is 0 Å². The highest BCUT2D eigenvalue weighted by molar-refractivity contribution is 5.62. The third-order valence-electron chi connectivity index (χ3n) is 2.92. The van der Waals surface area contributed by atoms with Gasteiger partial charge in [-0.15, -0.1) is 0 Å². The number of aryl methyl sites for hydroxylation is 2. The summed E-state index contributed by atoms with van der Waals surface area (Å²) in [5, 5.41) is 3.30. The van der Waals surface area contributed by atoms with Gasteiger partial charge in [-0.25, -0.2) is 9.97 Å². The van der Waals surface area contributed by atoms with Gasteiger partial charge in [0, 0.05) is 17.7 Å². The molecule has 0 bridgehead atoms. The van der Waals surface area contributed by atoms with Crippen LogP contribution in [-0.4, -0.2) is 9.97 Å². The molecule has 2 aromatic rings. The maximum absolute atomic E-state index is 5.82. The van der Waals surface area contributed by atoms with Crippen molar-refractivity contribution in [2.45, 2.75) is 33.6 Å². The van der Waals surface area contributed by atoms with E-state index < -0.39 is 0 Å². The SMILES string of the molecule is Cc1ccc(Nc2cc(N)nc(C(C)C)n2)c(C)c1. The molecule has 1 aromatic heterocycles. The van der Waals surface area contributed by atoms with Crippen LogP contribution in [0.25, 0.3) is 0 Å². The zero-order valence-corrected chi connectivity index (χ0v) is 11.9. The molecule has 0 amide bonds. The minimum Gasteiger partial charge on any atom is -0.384 e. The Hall–Kier alpha value is -2.10. The van der Waals surface area contributed by atoms with Crippen LogP contribution in [0.5, 0.6) is 0 Å². The third-order valence-corrected chi connectivity index (χ3v) is 2.92. The van der Waals surface area contributed by atoms with E-state index in [2.05, 4.69) is 61.2 Å². The molecule has 1 aromatic carbocycles. The predicted octanol–water partition coefficient (Wildman–Crippen LogP) is 3.54. The molecule has 0 aliphatic heterocycles. The number of nitrogens with zero attached hydrogens (tertiary/aromatic N) is 2. The van der Waals surface area contributed by atoms with Gasteiger partial charge in [0.25, 0.3) is 0 Å². The Labute approximate surface area is 114 Å². The molecule has 0 radical (unpaired) electrons. The molecule has 1 heterocycles. The third kappa shape index (κ3) is 3.22. The van der Waals surface area contributed by atoms with E-state index in [0.717, 1.165) is 17.3 Å². The first-order valence-corrected chi connectivity index (χ1v) is 6.44. The van der Waals surface area contributed by atoms with E-state index >= 15 is 0 Å². The van der Waals surface area contributed by atoms with Crippen molar-refractivity contribution < 1.29 is 0 Å². The molecule has 4 nitrogen and oxygen atoms in total. The normalized spacial score (nSPS) is 10.8. The summed E-state index contributed by atoms with van der Waals surface area (Å²) in [4.78, 5) is 8.73. The van der Waals surface area contributed by atoms with Crippen molar-refractivity contribution in [3.05, 3.63) is 41.2 Å². The van der Waals surface area contributed by atoms with Crippen molar-refractivity contribution in [1.29, 1.82) is 0 Å². The van der Waals surface area contributed by atoms with E-state index in [1.165, 1.54) is 11.1 Å². The summed E-state index contributed by atoms with van der Waals surface area (Å²) < 4.78 is 0. The van der Waals surface area contributed by atoms with Crippen molar-refractivity contribution in [3.8, 4) is 0 Å². The molecule has 0 aliphatic rings. The lowest BCUT2D eigenvalue weighted by molar-refractivity contribution is 0.779. The van der Waals surface area contributed by atoms with Crippen LogP contribution in [0.15, 0.2) is 24.3 Å². The standard InChI is InChI=1S/C15H20N4/c1-9(2)15-18-13(16)8-14(19-15)17-12-6-5-10(3)7-11(12)4/h5-9H,1-4H3,(H3,16,17,18,19). The molecular formula is C15H20N4. The summed E-state index contributed by atoms with van der Waals surface area (Å²) in [6.07, 6.45) is 0. The monoisotopic (exact) mass is 256 g/mol. The lowest BCUT2D eigenvalue weighted by Gasteiger charge is -2.12. The Morgan fingerprint density at radius 3 is 2.47 bits per heavy atom. The number of nitrogen functional groups attached to an aromatic ring is 1. The highest BCUT2D eigenvalue weighted by atomic mass is 15.1. The van der Waals surface area contributed by atoms with Gasteiger partial charge in [0.05, 0.1) is 0 Å². The van der Waals surface area contributed by atoms with E-state index in [-0.39, 0.29) is 5.92 Å². The number of rotatable bonds is 3. The Morgan fingerprint density at radius 1 is 1.11 bits per heavy atom. The van der Waals surface area contributed by atoms with Gasteiger partial charge in [-0.2, -0.15) is 0 Å². The fourth-order valence-corrected chi connectivity index (χ4v) is 1.90. The molecule has 4 heteroatoms. The first-order chi connectivity index (χ1) is 8.95. The molecule has 0 spiro atoms. The Bertz CT molecular complexity index is 591. The van der Waals surface area contributed by atoms with Crippen molar-refractivity contribution in [1.82, 2.24) is 9.97 Å². The van der Waals surface area contributed by atoms with Crippen LogP contribution >= 0.6 is 0 Å². The first-order valence-electron chi connectivity index (χ1n) is 6.44. The van der Waals surface area contributed by atoms with Gasteiger partial charge in [0.1, 0.15) is 17.5 Å². The summed E-state index contributed by atoms with van der Waals surface area (Å²) in [6, 6.07) is 8.02. The first kappa shape index (κ1) is 13.3. The van der Waals surface area contributed by atoms with Crippen LogP contribution in [0.2, 0.25) is 0 Å². The largest absolute Gasteiger partial charge is 0.384 e. The van der Waals surface area contributed by atoms with E-state index in [1.807, 2.05) is 0 Å². The van der Waals surface area contributed by atoms with Crippen LogP contribution in [0.4, 0.5) is 17.3 Å². The van der Waals surface area contributed by atoms with E-state index in [9.17, 15) is 0 Å². The molecule has 0 fully saturated rings. The maximum atomic E-state index is 5.82. The molecule has 0 atom stereocenters. The molecule has 0 saturated carbocycles. The van der Waals surface area contributed by atoms with Crippen molar-refractivity contribution >= 4 is 17.3 Å². The van der Waals surface area contributed by atoms with Gasteiger partial charge in [-0.3, -0.25) is 0 Å². The summed E-state index contributed by atoms with van der Waals surface area (Å²) in [7, 11) is 0. The van der Waals surface area contributed by atoms with Crippen LogP contribution in [0, 0.1) is 13.8 Å². The van der Waals surface area contributed by atoms with Gasteiger partial charge in [-0.05, 0) is 25.5 Å². The number of benzene rings is 1. The fraction of sp³-hybridized carbons (Fsp3) is 0.333. The van der Waals surface area contributed by atoms with Gasteiger partial charge in [0.15, 0.2) is 0 Å². The summed E-state index contributed by atoms with van der Waals surface area (Å²) in [6.45, 7) is 8.25. The highest BCUT2D eigenvalue weighted by Gasteiger charge is 2.07. The average Bonchev–Trinajstić information content (AvgIpc) is 2.32. The van der Waals surface area contributed by atoms with Crippen LogP contribution in [0.1, 0.15) is 36.7 Å². The highest BCUT2D eigenvalue weighted by Crippen LogP contribution is 2.22. The zero-order chi connectivity index (χ0) is 14.0. The quantitative estimate of drug-likeness (QED) is 0.881. The zero-order valence-electron chi connectivity index (χ0n) is 11.9. The molecule has 0 aliphatic carbocycles. The molecule has 100 valence electrons. The van der Waals surface area contributed by atoms with Crippen molar-refractivity contribution in [2.24, 2.45) is 0 Å². The number of nitrogens with one attached hydrogen (secondary N) is 1. The van der Waals surface area contributed by atoms with Crippen LogP contribution in [-0.2, 0) is 0 Å². The van der Waals surface area contributed by atoms with E-state index in [1.54, 1.807) is 6.07 Å². The van der Waals surface area contributed by atoms with E-state index in [4.69, 9.17) is 5.73 Å². The predicted molar refractivity (Wildman–Crippen MR) is 79.7 cm³/mol. The minimum absolute atomic E-state index is 0.253. The smallest absolute Gasteiger partial charge is 0.136 e. The number of nitrogens with two attached hydrogens (primary N) is 1. The lowest BCUT2D eigenvalue weighted by atomic mass is 10.1. The Balaban J connectivity index is 2.32. The van der Waals surface area contributed by atoms with Crippen molar-refractivity contribution in [3.63, 3.8) is 0 Å². The Kier molecular flexibility index (Phi) is 3.69. The number of hydrogen-bond donors (Lipinski definition) is 2. The van der Waals surface area contributed by atoms with Gasteiger partial charge < -0.3 is 11.1 Å².